The molecule has 15 heavy (non-hydrogen) atoms. The Morgan fingerprint density at radius 3 is 2.87 bits per heavy atom. The molecular weight excluding hydrogens is 208 g/mol. The third-order valence-electron chi connectivity index (χ3n) is 2.98. The fourth-order valence-corrected chi connectivity index (χ4v) is 2.52. The van der Waals surface area contributed by atoms with Gasteiger partial charge in [-0.25, -0.2) is 0 Å². The third kappa shape index (κ3) is 4.43. The predicted octanol–water partition coefficient (Wildman–Crippen LogP) is 1.37. The summed E-state index contributed by atoms with van der Waals surface area (Å²) >= 11 is 1.85. The number of thioether (sulfide) groups is 1. The Bertz CT molecular complexity index is 199. The van der Waals surface area contributed by atoms with Crippen LogP contribution in [0.2, 0.25) is 0 Å². The van der Waals surface area contributed by atoms with E-state index in [-0.39, 0.29) is 17.9 Å². The summed E-state index contributed by atoms with van der Waals surface area (Å²) in [5.41, 5.74) is 5.87. The lowest BCUT2D eigenvalue weighted by molar-refractivity contribution is -0.125. The number of carbonyl (C=O) groups excluding carboxylic acids is 1. The Hall–Kier alpha value is -0.220. The van der Waals surface area contributed by atoms with Crippen molar-refractivity contribution in [3.05, 3.63) is 0 Å². The molecule has 1 rings (SSSR count). The summed E-state index contributed by atoms with van der Waals surface area (Å²) in [6.07, 6.45) is 7.44. The molecule has 0 aromatic rings. The van der Waals surface area contributed by atoms with Crippen LogP contribution in [0.25, 0.3) is 0 Å². The normalized spacial score (nSPS) is 25.5. The number of nitrogens with one attached hydrogen (secondary N) is 1. The average molecular weight is 230 g/mol. The van der Waals surface area contributed by atoms with E-state index in [4.69, 9.17) is 5.73 Å². The highest BCUT2D eigenvalue weighted by molar-refractivity contribution is 7.98. The zero-order chi connectivity index (χ0) is 11.1. The van der Waals surface area contributed by atoms with Crippen molar-refractivity contribution in [3.63, 3.8) is 0 Å². The molecule has 0 spiro atoms. The Kier molecular flexibility index (Phi) is 6.10. The van der Waals surface area contributed by atoms with Crippen molar-refractivity contribution in [1.29, 1.82) is 0 Å². The summed E-state index contributed by atoms with van der Waals surface area (Å²) in [6.45, 7) is 0.808. The molecule has 88 valence electrons. The summed E-state index contributed by atoms with van der Waals surface area (Å²) in [4.78, 5) is 11.7. The average Bonchev–Trinajstić information content (AvgIpc) is 2.64. The molecule has 0 unspecified atom stereocenters. The molecule has 3 N–H and O–H groups in total. The van der Waals surface area contributed by atoms with E-state index in [0.29, 0.717) is 0 Å². The molecule has 4 heteroatoms. The number of hydrogen-bond acceptors (Lipinski definition) is 3. The minimum absolute atomic E-state index is 0.0746. The van der Waals surface area contributed by atoms with Gasteiger partial charge in [-0.05, 0) is 37.7 Å². The Balaban J connectivity index is 2.08. The number of rotatable bonds is 6. The van der Waals surface area contributed by atoms with Crippen LogP contribution in [0.3, 0.4) is 0 Å². The first-order chi connectivity index (χ1) is 7.25. The topological polar surface area (TPSA) is 55.1 Å². The number of nitrogens with two attached hydrogens (primary N) is 1. The van der Waals surface area contributed by atoms with Crippen molar-refractivity contribution < 1.29 is 4.79 Å². The summed E-state index contributed by atoms with van der Waals surface area (Å²) in [5, 5.41) is 2.99. The van der Waals surface area contributed by atoms with Gasteiger partial charge in [-0.2, -0.15) is 11.8 Å². The van der Waals surface area contributed by atoms with Crippen LogP contribution in [0.1, 0.15) is 32.1 Å². The first kappa shape index (κ1) is 12.8. The highest BCUT2D eigenvalue weighted by atomic mass is 32.2. The van der Waals surface area contributed by atoms with Gasteiger partial charge in [0.15, 0.2) is 0 Å². The second-order valence-electron chi connectivity index (χ2n) is 4.19. The molecule has 0 saturated heterocycles. The lowest BCUT2D eigenvalue weighted by Crippen LogP contribution is -2.38. The second kappa shape index (κ2) is 7.12. The van der Waals surface area contributed by atoms with E-state index in [1.165, 1.54) is 12.2 Å². The van der Waals surface area contributed by atoms with E-state index < -0.39 is 0 Å². The summed E-state index contributed by atoms with van der Waals surface area (Å²) in [6, 6.07) is 0.0937. The van der Waals surface area contributed by atoms with Gasteiger partial charge in [-0.1, -0.05) is 6.42 Å². The van der Waals surface area contributed by atoms with Crippen LogP contribution in [-0.2, 0) is 4.79 Å². The van der Waals surface area contributed by atoms with E-state index >= 15 is 0 Å². The maximum absolute atomic E-state index is 11.7. The van der Waals surface area contributed by atoms with Crippen LogP contribution in [0, 0.1) is 5.92 Å². The van der Waals surface area contributed by atoms with Gasteiger partial charge in [0.1, 0.15) is 0 Å². The monoisotopic (exact) mass is 230 g/mol. The number of amides is 1. The number of unbranched alkanes of at least 4 members (excludes halogenated alkanes) is 1. The van der Waals surface area contributed by atoms with E-state index in [1.54, 1.807) is 0 Å². The highest BCUT2D eigenvalue weighted by Gasteiger charge is 2.29. The van der Waals surface area contributed by atoms with Gasteiger partial charge in [0.25, 0.3) is 0 Å². The minimum atomic E-state index is 0.0746. The molecule has 0 aliphatic heterocycles. The highest BCUT2D eigenvalue weighted by Crippen LogP contribution is 2.23. The molecule has 1 saturated carbocycles. The Morgan fingerprint density at radius 2 is 2.27 bits per heavy atom. The third-order valence-corrected chi connectivity index (χ3v) is 3.68. The molecule has 0 heterocycles. The van der Waals surface area contributed by atoms with E-state index in [9.17, 15) is 4.79 Å². The van der Waals surface area contributed by atoms with Crippen LogP contribution in [0.4, 0.5) is 0 Å². The quantitative estimate of drug-likeness (QED) is 0.678. The van der Waals surface area contributed by atoms with Gasteiger partial charge in [0, 0.05) is 12.6 Å². The molecule has 2 atom stereocenters. The summed E-state index contributed by atoms with van der Waals surface area (Å²) in [7, 11) is 0. The van der Waals surface area contributed by atoms with Crippen molar-refractivity contribution in [2.24, 2.45) is 11.7 Å². The second-order valence-corrected chi connectivity index (χ2v) is 5.18. The van der Waals surface area contributed by atoms with Crippen LogP contribution >= 0.6 is 11.8 Å². The molecule has 1 amide bonds. The van der Waals surface area contributed by atoms with E-state index in [0.717, 1.165) is 32.2 Å². The largest absolute Gasteiger partial charge is 0.356 e. The van der Waals surface area contributed by atoms with Crippen LogP contribution in [0.5, 0.6) is 0 Å². The van der Waals surface area contributed by atoms with Crippen LogP contribution in [-0.4, -0.2) is 30.5 Å². The summed E-state index contributed by atoms with van der Waals surface area (Å²) < 4.78 is 0. The zero-order valence-corrected chi connectivity index (χ0v) is 10.3. The molecule has 0 radical (unpaired) electrons. The van der Waals surface area contributed by atoms with Gasteiger partial charge in [0.2, 0.25) is 5.91 Å². The molecule has 3 nitrogen and oxygen atoms in total. The predicted molar refractivity (Wildman–Crippen MR) is 65.9 cm³/mol. The van der Waals surface area contributed by atoms with Crippen molar-refractivity contribution in [2.75, 3.05) is 18.6 Å². The van der Waals surface area contributed by atoms with Gasteiger partial charge < -0.3 is 11.1 Å². The molecule has 0 aromatic heterocycles. The number of carbonyl (C=O) groups is 1. The zero-order valence-electron chi connectivity index (χ0n) is 9.50. The SMILES string of the molecule is CSCCCCNC(=O)[C@H]1CCC[C@H]1N. The standard InChI is InChI=1S/C11H22N2OS/c1-15-8-3-2-7-13-11(14)9-5-4-6-10(9)12/h9-10H,2-8,12H2,1H3,(H,13,14)/t9-,10+/m0/s1. The van der Waals surface area contributed by atoms with Gasteiger partial charge in [0.05, 0.1) is 5.92 Å². The number of hydrogen-bond donors (Lipinski definition) is 2. The lowest BCUT2D eigenvalue weighted by atomic mass is 10.0. The maximum atomic E-state index is 11.7. The molecule has 0 aromatic carbocycles. The minimum Gasteiger partial charge on any atom is -0.356 e. The van der Waals surface area contributed by atoms with E-state index in [2.05, 4.69) is 11.6 Å². The molecule has 1 fully saturated rings. The van der Waals surface area contributed by atoms with E-state index in [1.807, 2.05) is 11.8 Å². The van der Waals surface area contributed by atoms with Crippen molar-refractivity contribution in [3.8, 4) is 0 Å². The van der Waals surface area contributed by atoms with Crippen molar-refractivity contribution >= 4 is 17.7 Å². The van der Waals surface area contributed by atoms with Gasteiger partial charge >= 0.3 is 0 Å². The molecule has 1 aliphatic rings. The molecular formula is C11H22N2OS. The van der Waals surface area contributed by atoms with Crippen molar-refractivity contribution in [2.45, 2.75) is 38.1 Å². The first-order valence-corrected chi connectivity index (χ1v) is 7.17. The fraction of sp³-hybridized carbons (Fsp3) is 0.909. The summed E-state index contributed by atoms with van der Waals surface area (Å²) in [5.74, 6) is 1.42. The van der Waals surface area contributed by atoms with Crippen molar-refractivity contribution in [1.82, 2.24) is 5.32 Å². The molecule has 1 aliphatic carbocycles. The Labute approximate surface area is 96.6 Å². The smallest absolute Gasteiger partial charge is 0.224 e. The van der Waals surface area contributed by atoms with Crippen LogP contribution < -0.4 is 11.1 Å². The maximum Gasteiger partial charge on any atom is 0.224 e. The lowest BCUT2D eigenvalue weighted by Gasteiger charge is -2.14. The van der Waals surface area contributed by atoms with Gasteiger partial charge in [-0.15, -0.1) is 0 Å². The fourth-order valence-electron chi connectivity index (χ4n) is 2.03. The van der Waals surface area contributed by atoms with Crippen LogP contribution in [0.15, 0.2) is 0 Å². The van der Waals surface area contributed by atoms with Gasteiger partial charge in [-0.3, -0.25) is 4.79 Å². The molecule has 0 bridgehead atoms. The Morgan fingerprint density at radius 1 is 1.47 bits per heavy atom. The first-order valence-electron chi connectivity index (χ1n) is 5.78.